The van der Waals surface area contributed by atoms with E-state index in [0.29, 0.717) is 6.61 Å². The van der Waals surface area contributed by atoms with Crippen molar-refractivity contribution in [2.45, 2.75) is 6.61 Å². The van der Waals surface area contributed by atoms with Gasteiger partial charge in [-0.3, -0.25) is 9.69 Å². The van der Waals surface area contributed by atoms with Gasteiger partial charge in [-0.2, -0.15) is 0 Å². The number of imide groups is 1. The van der Waals surface area contributed by atoms with Gasteiger partial charge in [-0.05, 0) is 74.5 Å². The van der Waals surface area contributed by atoms with Crippen LogP contribution in [0.4, 0.5) is 4.79 Å². The van der Waals surface area contributed by atoms with Crippen molar-refractivity contribution >= 4 is 63.2 Å². The molecule has 2 aromatic carbocycles. The van der Waals surface area contributed by atoms with E-state index in [2.05, 4.69) is 50.5 Å². The first kappa shape index (κ1) is 18.2. The zero-order chi connectivity index (χ0) is 18.0. The Morgan fingerprint density at radius 3 is 2.32 bits per heavy atom. The standard InChI is InChI=1S/C18H14I2N2O3/c1-22-17(23)15(21-18(22)24)9-12-7-13(19)16(14(20)8-12)25-10-11-5-3-2-4-6-11/h2-9H,10H2,1H3,(H,21,24)/b15-9+. The van der Waals surface area contributed by atoms with E-state index in [9.17, 15) is 9.59 Å². The number of nitrogens with one attached hydrogen (secondary N) is 1. The second-order valence-electron chi connectivity index (χ2n) is 5.44. The van der Waals surface area contributed by atoms with Crippen LogP contribution in [0.15, 0.2) is 48.2 Å². The molecule has 0 aliphatic carbocycles. The summed E-state index contributed by atoms with van der Waals surface area (Å²) in [7, 11) is 1.45. The topological polar surface area (TPSA) is 58.6 Å². The quantitative estimate of drug-likeness (QED) is 0.350. The number of amides is 3. The summed E-state index contributed by atoms with van der Waals surface area (Å²) in [6, 6.07) is 13.4. The number of halogens is 2. The highest BCUT2D eigenvalue weighted by Crippen LogP contribution is 2.30. The van der Waals surface area contributed by atoms with E-state index >= 15 is 0 Å². The van der Waals surface area contributed by atoms with Crippen molar-refractivity contribution in [3.8, 4) is 5.75 Å². The monoisotopic (exact) mass is 560 g/mol. The highest BCUT2D eigenvalue weighted by molar-refractivity contribution is 14.1. The molecule has 5 nitrogen and oxygen atoms in total. The molecule has 1 N–H and O–H groups in total. The van der Waals surface area contributed by atoms with Gasteiger partial charge in [0.15, 0.2) is 0 Å². The highest BCUT2D eigenvalue weighted by Gasteiger charge is 2.30. The fourth-order valence-corrected chi connectivity index (χ4v) is 4.45. The average molecular weight is 560 g/mol. The van der Waals surface area contributed by atoms with Gasteiger partial charge in [0.2, 0.25) is 0 Å². The molecule has 1 aliphatic heterocycles. The van der Waals surface area contributed by atoms with Crippen molar-refractivity contribution in [1.82, 2.24) is 10.2 Å². The highest BCUT2D eigenvalue weighted by atomic mass is 127. The van der Waals surface area contributed by atoms with Crippen molar-refractivity contribution in [3.63, 3.8) is 0 Å². The number of nitrogens with zero attached hydrogens (tertiary/aromatic N) is 1. The number of ether oxygens (including phenoxy) is 1. The summed E-state index contributed by atoms with van der Waals surface area (Å²) in [6.07, 6.45) is 1.68. The zero-order valence-electron chi connectivity index (χ0n) is 13.3. The van der Waals surface area contributed by atoms with Crippen LogP contribution in [0.5, 0.6) is 5.75 Å². The lowest BCUT2D eigenvalue weighted by molar-refractivity contribution is -0.121. The van der Waals surface area contributed by atoms with Gasteiger partial charge in [0.05, 0.1) is 7.14 Å². The Bertz CT molecular complexity index is 843. The minimum atomic E-state index is -0.413. The third-order valence-electron chi connectivity index (χ3n) is 3.64. The van der Waals surface area contributed by atoms with Gasteiger partial charge >= 0.3 is 6.03 Å². The molecule has 0 aromatic heterocycles. The van der Waals surface area contributed by atoms with Crippen LogP contribution in [-0.2, 0) is 11.4 Å². The minimum absolute atomic E-state index is 0.275. The summed E-state index contributed by atoms with van der Waals surface area (Å²) in [6.45, 7) is 0.493. The number of carbonyl (C=O) groups is 2. The van der Waals surface area contributed by atoms with Crippen LogP contribution in [0.2, 0.25) is 0 Å². The molecule has 0 unspecified atom stereocenters. The molecule has 3 rings (SSSR count). The van der Waals surface area contributed by atoms with Crippen LogP contribution in [0.3, 0.4) is 0 Å². The lowest BCUT2D eigenvalue weighted by Gasteiger charge is -2.11. The SMILES string of the molecule is CN1C(=O)N/C(=C/c2cc(I)c(OCc3ccccc3)c(I)c2)C1=O. The minimum Gasteiger partial charge on any atom is -0.487 e. The number of hydrogen-bond donors (Lipinski definition) is 1. The molecule has 1 heterocycles. The average Bonchev–Trinajstić information content (AvgIpc) is 2.82. The van der Waals surface area contributed by atoms with Crippen molar-refractivity contribution in [2.24, 2.45) is 0 Å². The van der Waals surface area contributed by atoms with Crippen LogP contribution in [0, 0.1) is 7.14 Å². The summed E-state index contributed by atoms with van der Waals surface area (Å²) in [5, 5.41) is 2.56. The van der Waals surface area contributed by atoms with Crippen molar-refractivity contribution in [1.29, 1.82) is 0 Å². The van der Waals surface area contributed by atoms with Crippen LogP contribution >= 0.6 is 45.2 Å². The Labute approximate surface area is 172 Å². The molecule has 0 atom stereocenters. The van der Waals surface area contributed by atoms with Crippen LogP contribution in [0.1, 0.15) is 11.1 Å². The van der Waals surface area contributed by atoms with E-state index in [0.717, 1.165) is 28.9 Å². The van der Waals surface area contributed by atoms with Gasteiger partial charge in [-0.1, -0.05) is 30.3 Å². The zero-order valence-corrected chi connectivity index (χ0v) is 17.6. The Balaban J connectivity index is 1.81. The molecule has 0 bridgehead atoms. The van der Waals surface area contributed by atoms with E-state index in [4.69, 9.17) is 4.74 Å². The largest absolute Gasteiger partial charge is 0.487 e. The number of rotatable bonds is 4. The summed E-state index contributed by atoms with van der Waals surface area (Å²) < 4.78 is 7.84. The first-order valence-corrected chi connectivity index (χ1v) is 9.58. The molecule has 2 aromatic rings. The maximum Gasteiger partial charge on any atom is 0.328 e. The maximum atomic E-state index is 12.0. The van der Waals surface area contributed by atoms with Crippen LogP contribution < -0.4 is 10.1 Å². The van der Waals surface area contributed by atoms with Gasteiger partial charge in [-0.25, -0.2) is 4.79 Å². The Hall–Kier alpha value is -1.62. The third kappa shape index (κ3) is 4.14. The molecule has 0 saturated carbocycles. The molecule has 0 radical (unpaired) electrons. The molecule has 1 aliphatic rings. The lowest BCUT2D eigenvalue weighted by atomic mass is 10.2. The van der Waals surface area contributed by atoms with Gasteiger partial charge in [0.25, 0.3) is 5.91 Å². The van der Waals surface area contributed by atoms with Gasteiger partial charge in [-0.15, -0.1) is 0 Å². The number of hydrogen-bond acceptors (Lipinski definition) is 3. The first-order valence-electron chi connectivity index (χ1n) is 7.42. The third-order valence-corrected chi connectivity index (χ3v) is 5.24. The Morgan fingerprint density at radius 2 is 1.76 bits per heavy atom. The van der Waals surface area contributed by atoms with Crippen LogP contribution in [-0.4, -0.2) is 23.9 Å². The maximum absolute atomic E-state index is 12.0. The number of benzene rings is 2. The van der Waals surface area contributed by atoms with Gasteiger partial charge in [0.1, 0.15) is 18.1 Å². The second-order valence-corrected chi connectivity index (χ2v) is 7.76. The van der Waals surface area contributed by atoms with Crippen LogP contribution in [0.25, 0.3) is 6.08 Å². The second kappa shape index (κ2) is 7.73. The lowest BCUT2D eigenvalue weighted by Crippen LogP contribution is -2.25. The number of carbonyl (C=O) groups excluding carboxylic acids is 2. The van der Waals surface area contributed by atoms with Gasteiger partial charge < -0.3 is 10.1 Å². The molecular formula is C18H14I2N2O3. The van der Waals surface area contributed by atoms with Crippen molar-refractivity contribution in [2.75, 3.05) is 7.05 Å². The van der Waals surface area contributed by atoms with E-state index in [1.54, 1.807) is 6.08 Å². The number of likely N-dealkylation sites (N-methyl/N-ethyl adjacent to an activating group) is 1. The molecule has 1 fully saturated rings. The molecule has 0 spiro atoms. The molecule has 3 amide bonds. The Morgan fingerprint density at radius 1 is 1.12 bits per heavy atom. The van der Waals surface area contributed by atoms with Crippen molar-refractivity contribution in [3.05, 3.63) is 66.4 Å². The summed E-state index contributed by atoms with van der Waals surface area (Å²) in [4.78, 5) is 24.5. The van der Waals surface area contributed by atoms with E-state index < -0.39 is 6.03 Å². The van der Waals surface area contributed by atoms with E-state index in [1.165, 1.54) is 7.05 Å². The molecular weight excluding hydrogens is 546 g/mol. The fourth-order valence-electron chi connectivity index (χ4n) is 2.32. The van der Waals surface area contributed by atoms with Gasteiger partial charge in [0, 0.05) is 7.05 Å². The summed E-state index contributed by atoms with van der Waals surface area (Å²) in [5.74, 6) is 0.477. The Kier molecular flexibility index (Phi) is 5.62. The molecule has 1 saturated heterocycles. The molecule has 25 heavy (non-hydrogen) atoms. The smallest absolute Gasteiger partial charge is 0.328 e. The fraction of sp³-hybridized carbons (Fsp3) is 0.111. The first-order chi connectivity index (χ1) is 12.0. The summed E-state index contributed by atoms with van der Waals surface area (Å²) >= 11 is 4.43. The predicted octanol–water partition coefficient (Wildman–Crippen LogP) is 4.00. The van der Waals surface area contributed by atoms with Crippen molar-refractivity contribution < 1.29 is 14.3 Å². The van der Waals surface area contributed by atoms with E-state index in [-0.39, 0.29) is 11.6 Å². The van der Waals surface area contributed by atoms with E-state index in [1.807, 2.05) is 42.5 Å². The predicted molar refractivity (Wildman–Crippen MR) is 112 cm³/mol. The molecule has 7 heteroatoms. The summed E-state index contributed by atoms with van der Waals surface area (Å²) in [5.41, 5.74) is 2.21. The normalized spacial score (nSPS) is 15.6. The number of urea groups is 1. The molecule has 128 valence electrons.